The maximum absolute atomic E-state index is 12.2. The molecule has 1 amide bonds. The molecule has 0 saturated carbocycles. The van der Waals surface area contributed by atoms with Gasteiger partial charge in [0.05, 0.1) is 17.1 Å². The Kier molecular flexibility index (Phi) is 5.39. The van der Waals surface area contributed by atoms with Crippen molar-refractivity contribution < 1.29 is 4.79 Å². The van der Waals surface area contributed by atoms with E-state index in [0.29, 0.717) is 22.9 Å². The van der Waals surface area contributed by atoms with E-state index in [9.17, 15) is 4.79 Å². The van der Waals surface area contributed by atoms with Gasteiger partial charge in [-0.25, -0.2) is 4.98 Å². The number of carbonyl (C=O) groups excluding carboxylic acids is 1. The molecule has 0 bridgehead atoms. The molecule has 0 radical (unpaired) electrons. The van der Waals surface area contributed by atoms with E-state index in [1.54, 1.807) is 17.4 Å². The SMILES string of the molecule is CCNc1cc(C(=O)NCc2sccc2Br)c(Cl)cn1. The molecule has 2 N–H and O–H groups in total. The van der Waals surface area contributed by atoms with Crippen LogP contribution in [0, 0.1) is 0 Å². The van der Waals surface area contributed by atoms with Gasteiger partial charge in [0.25, 0.3) is 5.91 Å². The lowest BCUT2D eigenvalue weighted by molar-refractivity contribution is 0.0951. The number of nitrogens with zero attached hydrogens (tertiary/aromatic N) is 1. The summed E-state index contributed by atoms with van der Waals surface area (Å²) in [4.78, 5) is 17.3. The summed E-state index contributed by atoms with van der Waals surface area (Å²) in [7, 11) is 0. The van der Waals surface area contributed by atoms with Gasteiger partial charge in [-0.1, -0.05) is 11.6 Å². The zero-order valence-electron chi connectivity index (χ0n) is 10.7. The first kappa shape index (κ1) is 15.3. The number of amides is 1. The van der Waals surface area contributed by atoms with E-state index in [2.05, 4.69) is 31.5 Å². The highest BCUT2D eigenvalue weighted by Gasteiger charge is 2.12. The standard InChI is InChI=1S/C13H13BrClN3OS/c1-2-16-12-5-8(10(15)6-17-12)13(19)18-7-11-9(14)3-4-20-11/h3-6H,2,7H2,1H3,(H,16,17)(H,18,19). The van der Waals surface area contributed by atoms with Crippen molar-refractivity contribution in [3.8, 4) is 0 Å². The third kappa shape index (κ3) is 3.71. The van der Waals surface area contributed by atoms with Crippen LogP contribution in [0.15, 0.2) is 28.2 Å². The molecule has 0 aliphatic heterocycles. The Balaban J connectivity index is 2.08. The minimum absolute atomic E-state index is 0.211. The lowest BCUT2D eigenvalue weighted by Gasteiger charge is -2.08. The van der Waals surface area contributed by atoms with Crippen molar-refractivity contribution in [1.82, 2.24) is 10.3 Å². The summed E-state index contributed by atoms with van der Waals surface area (Å²) in [6.45, 7) is 3.16. The van der Waals surface area contributed by atoms with Crippen molar-refractivity contribution in [3.05, 3.63) is 43.6 Å². The number of aromatic nitrogens is 1. The second-order valence-corrected chi connectivity index (χ2v) is 6.22. The molecule has 2 aromatic heterocycles. The second-order valence-electron chi connectivity index (χ2n) is 3.95. The average molecular weight is 375 g/mol. The highest BCUT2D eigenvalue weighted by atomic mass is 79.9. The number of hydrogen-bond donors (Lipinski definition) is 2. The zero-order valence-corrected chi connectivity index (χ0v) is 13.9. The van der Waals surface area contributed by atoms with Gasteiger partial charge in [-0.15, -0.1) is 11.3 Å². The Morgan fingerprint density at radius 2 is 2.35 bits per heavy atom. The molecular weight excluding hydrogens is 362 g/mol. The Morgan fingerprint density at radius 1 is 1.55 bits per heavy atom. The lowest BCUT2D eigenvalue weighted by Crippen LogP contribution is -2.23. The normalized spacial score (nSPS) is 10.3. The van der Waals surface area contributed by atoms with Crippen molar-refractivity contribution in [2.45, 2.75) is 13.5 Å². The van der Waals surface area contributed by atoms with Crippen LogP contribution in [0.1, 0.15) is 22.2 Å². The highest BCUT2D eigenvalue weighted by Crippen LogP contribution is 2.23. The summed E-state index contributed by atoms with van der Waals surface area (Å²) in [6, 6.07) is 3.61. The number of hydrogen-bond acceptors (Lipinski definition) is 4. The fraction of sp³-hybridized carbons (Fsp3) is 0.231. The quantitative estimate of drug-likeness (QED) is 0.834. The van der Waals surface area contributed by atoms with Crippen LogP contribution in [-0.2, 0) is 6.54 Å². The number of rotatable bonds is 5. The topological polar surface area (TPSA) is 54.0 Å². The van der Waals surface area contributed by atoms with Crippen LogP contribution in [0.5, 0.6) is 0 Å². The molecule has 2 rings (SSSR count). The maximum atomic E-state index is 12.2. The van der Waals surface area contributed by atoms with Gasteiger partial charge in [-0.3, -0.25) is 4.79 Å². The molecule has 2 aromatic rings. The fourth-order valence-corrected chi connectivity index (χ4v) is 3.22. The molecule has 106 valence electrons. The van der Waals surface area contributed by atoms with Gasteiger partial charge in [0.2, 0.25) is 0 Å². The Morgan fingerprint density at radius 3 is 3.00 bits per heavy atom. The molecule has 0 aliphatic carbocycles. The summed E-state index contributed by atoms with van der Waals surface area (Å²) >= 11 is 11.0. The molecule has 7 heteroatoms. The second kappa shape index (κ2) is 7.06. The van der Waals surface area contributed by atoms with Gasteiger partial charge in [0, 0.05) is 22.1 Å². The highest BCUT2D eigenvalue weighted by molar-refractivity contribution is 9.10. The molecule has 0 spiro atoms. The largest absolute Gasteiger partial charge is 0.370 e. The van der Waals surface area contributed by atoms with Crippen LogP contribution >= 0.6 is 38.9 Å². The molecule has 20 heavy (non-hydrogen) atoms. The van der Waals surface area contributed by atoms with Gasteiger partial charge >= 0.3 is 0 Å². The predicted molar refractivity (Wildman–Crippen MR) is 86.6 cm³/mol. The number of nitrogens with one attached hydrogen (secondary N) is 2. The van der Waals surface area contributed by atoms with Crippen LogP contribution in [0.3, 0.4) is 0 Å². The van der Waals surface area contributed by atoms with Crippen molar-refractivity contribution >= 4 is 50.6 Å². The average Bonchev–Trinajstić information content (AvgIpc) is 2.84. The summed E-state index contributed by atoms with van der Waals surface area (Å²) in [6.07, 6.45) is 1.48. The first-order valence-corrected chi connectivity index (χ1v) is 8.06. The molecule has 2 heterocycles. The van der Waals surface area contributed by atoms with E-state index in [-0.39, 0.29) is 5.91 Å². The van der Waals surface area contributed by atoms with Crippen LogP contribution in [0.2, 0.25) is 5.02 Å². The molecule has 0 atom stereocenters. The summed E-state index contributed by atoms with van der Waals surface area (Å²) in [5.41, 5.74) is 0.422. The monoisotopic (exact) mass is 373 g/mol. The molecule has 0 aromatic carbocycles. The summed E-state index contributed by atoms with van der Waals surface area (Å²) in [5, 5.41) is 8.22. The number of pyridine rings is 1. The lowest BCUT2D eigenvalue weighted by atomic mass is 10.2. The summed E-state index contributed by atoms with van der Waals surface area (Å²) in [5.74, 6) is 0.427. The van der Waals surface area contributed by atoms with E-state index in [0.717, 1.165) is 15.9 Å². The molecule has 0 fully saturated rings. The first-order valence-electron chi connectivity index (χ1n) is 6.01. The van der Waals surface area contributed by atoms with Crippen LogP contribution in [0.4, 0.5) is 5.82 Å². The van der Waals surface area contributed by atoms with E-state index < -0.39 is 0 Å². The molecule has 0 aliphatic rings. The minimum atomic E-state index is -0.211. The molecule has 4 nitrogen and oxygen atoms in total. The van der Waals surface area contributed by atoms with Gasteiger partial charge in [-0.05, 0) is 40.4 Å². The van der Waals surface area contributed by atoms with Gasteiger partial charge in [-0.2, -0.15) is 0 Å². The number of carbonyl (C=O) groups is 1. The van der Waals surface area contributed by atoms with Gasteiger partial charge < -0.3 is 10.6 Å². The van der Waals surface area contributed by atoms with Crippen molar-refractivity contribution in [2.75, 3.05) is 11.9 Å². The van der Waals surface area contributed by atoms with Crippen LogP contribution in [0.25, 0.3) is 0 Å². The Hall–Kier alpha value is -1.11. The minimum Gasteiger partial charge on any atom is -0.370 e. The third-order valence-corrected chi connectivity index (χ3v) is 4.79. The number of thiophene rings is 1. The van der Waals surface area contributed by atoms with Crippen molar-refractivity contribution in [1.29, 1.82) is 0 Å². The van der Waals surface area contributed by atoms with E-state index >= 15 is 0 Å². The van der Waals surface area contributed by atoms with Crippen LogP contribution < -0.4 is 10.6 Å². The maximum Gasteiger partial charge on any atom is 0.253 e. The molecule has 0 unspecified atom stereocenters. The predicted octanol–water partition coefficient (Wildman–Crippen LogP) is 3.92. The zero-order chi connectivity index (χ0) is 14.5. The van der Waals surface area contributed by atoms with Crippen molar-refractivity contribution in [2.24, 2.45) is 0 Å². The Labute approximate surface area is 134 Å². The fourth-order valence-electron chi connectivity index (χ4n) is 1.60. The number of halogens is 2. The van der Waals surface area contributed by atoms with Gasteiger partial charge in [0.15, 0.2) is 0 Å². The van der Waals surface area contributed by atoms with E-state index in [1.807, 2.05) is 18.4 Å². The smallest absolute Gasteiger partial charge is 0.253 e. The Bertz CT molecular complexity index is 617. The van der Waals surface area contributed by atoms with E-state index in [1.165, 1.54) is 6.20 Å². The number of anilines is 1. The third-order valence-electron chi connectivity index (χ3n) is 2.56. The summed E-state index contributed by atoms with van der Waals surface area (Å²) < 4.78 is 0.997. The molecule has 0 saturated heterocycles. The molecular formula is C13H13BrClN3OS. The van der Waals surface area contributed by atoms with Gasteiger partial charge in [0.1, 0.15) is 5.82 Å². The van der Waals surface area contributed by atoms with E-state index in [4.69, 9.17) is 11.6 Å². The first-order chi connectivity index (χ1) is 9.61. The van der Waals surface area contributed by atoms with Crippen LogP contribution in [-0.4, -0.2) is 17.4 Å². The van der Waals surface area contributed by atoms with Crippen molar-refractivity contribution in [3.63, 3.8) is 0 Å².